The Morgan fingerprint density at radius 1 is 1.29 bits per heavy atom. The predicted molar refractivity (Wildman–Crippen MR) is 62.3 cm³/mol. The van der Waals surface area contributed by atoms with Gasteiger partial charge in [0, 0.05) is 11.4 Å². The van der Waals surface area contributed by atoms with Gasteiger partial charge in [-0.25, -0.2) is 9.78 Å². The van der Waals surface area contributed by atoms with E-state index in [0.717, 1.165) is 18.2 Å². The number of aryl methyl sites for hydroxylation is 2. The standard InChI is InChI=1S/C12H10ClNO3/c13-9-4-1-8(2-5-9)3-6-11-14-10(7-17-11)12(15)16/h1-2,4-5,7H,3,6H2,(H,15,16). The van der Waals surface area contributed by atoms with E-state index in [4.69, 9.17) is 21.1 Å². The molecule has 1 heterocycles. The van der Waals surface area contributed by atoms with E-state index in [-0.39, 0.29) is 5.69 Å². The Balaban J connectivity index is 1.97. The number of carboxylic acid groups (broad SMARTS) is 1. The number of nitrogens with zero attached hydrogens (tertiary/aromatic N) is 1. The average molecular weight is 252 g/mol. The molecule has 0 spiro atoms. The highest BCUT2D eigenvalue weighted by Gasteiger charge is 2.09. The lowest BCUT2D eigenvalue weighted by Crippen LogP contribution is -1.97. The molecule has 0 bridgehead atoms. The summed E-state index contributed by atoms with van der Waals surface area (Å²) in [5.74, 6) is -0.649. The number of carboxylic acids is 1. The fourth-order valence-corrected chi connectivity index (χ4v) is 1.55. The van der Waals surface area contributed by atoms with E-state index < -0.39 is 5.97 Å². The molecule has 0 saturated carbocycles. The molecular formula is C12H10ClNO3. The molecule has 0 aliphatic heterocycles. The average Bonchev–Trinajstić information content (AvgIpc) is 2.77. The summed E-state index contributed by atoms with van der Waals surface area (Å²) < 4.78 is 5.05. The zero-order chi connectivity index (χ0) is 12.3. The van der Waals surface area contributed by atoms with Gasteiger partial charge in [-0.15, -0.1) is 0 Å². The minimum atomic E-state index is -1.08. The molecule has 2 aromatic rings. The van der Waals surface area contributed by atoms with Gasteiger partial charge >= 0.3 is 5.97 Å². The van der Waals surface area contributed by atoms with Crippen LogP contribution in [0.25, 0.3) is 0 Å². The summed E-state index contributed by atoms with van der Waals surface area (Å²) in [6.07, 6.45) is 2.45. The summed E-state index contributed by atoms with van der Waals surface area (Å²) in [6, 6.07) is 7.47. The molecule has 1 aromatic carbocycles. The highest BCUT2D eigenvalue weighted by atomic mass is 35.5. The van der Waals surface area contributed by atoms with Crippen LogP contribution in [-0.2, 0) is 12.8 Å². The number of aromatic nitrogens is 1. The molecule has 0 atom stereocenters. The molecule has 0 radical (unpaired) electrons. The molecule has 17 heavy (non-hydrogen) atoms. The first-order valence-corrected chi connectivity index (χ1v) is 5.45. The second-order valence-corrected chi connectivity index (χ2v) is 3.99. The van der Waals surface area contributed by atoms with Gasteiger partial charge in [-0.1, -0.05) is 23.7 Å². The van der Waals surface area contributed by atoms with Crippen molar-refractivity contribution in [2.45, 2.75) is 12.8 Å². The van der Waals surface area contributed by atoms with E-state index >= 15 is 0 Å². The maximum Gasteiger partial charge on any atom is 0.357 e. The lowest BCUT2D eigenvalue weighted by Gasteiger charge is -1.98. The van der Waals surface area contributed by atoms with Crippen molar-refractivity contribution < 1.29 is 14.3 Å². The maximum atomic E-state index is 10.6. The molecule has 0 aliphatic rings. The van der Waals surface area contributed by atoms with E-state index in [1.165, 1.54) is 0 Å². The Morgan fingerprint density at radius 3 is 2.59 bits per heavy atom. The van der Waals surface area contributed by atoms with Gasteiger partial charge in [0.05, 0.1) is 0 Å². The fraction of sp³-hybridized carbons (Fsp3) is 0.167. The number of halogens is 1. The van der Waals surface area contributed by atoms with Gasteiger partial charge in [-0.05, 0) is 24.1 Å². The van der Waals surface area contributed by atoms with E-state index in [2.05, 4.69) is 4.98 Å². The predicted octanol–water partition coefficient (Wildman–Crippen LogP) is 2.81. The summed E-state index contributed by atoms with van der Waals surface area (Å²) in [4.78, 5) is 14.4. The summed E-state index contributed by atoms with van der Waals surface area (Å²) in [5, 5.41) is 9.37. The lowest BCUT2D eigenvalue weighted by atomic mass is 10.1. The zero-order valence-electron chi connectivity index (χ0n) is 8.89. The molecule has 1 N–H and O–H groups in total. The van der Waals surface area contributed by atoms with E-state index in [1.54, 1.807) is 0 Å². The van der Waals surface area contributed by atoms with Crippen LogP contribution in [0.1, 0.15) is 21.9 Å². The number of carbonyl (C=O) groups is 1. The molecule has 1 aromatic heterocycles. The van der Waals surface area contributed by atoms with Crippen molar-refractivity contribution in [2.24, 2.45) is 0 Å². The van der Waals surface area contributed by atoms with Crippen LogP contribution in [0.15, 0.2) is 34.9 Å². The molecule has 0 aliphatic carbocycles. The Morgan fingerprint density at radius 2 is 2.00 bits per heavy atom. The largest absolute Gasteiger partial charge is 0.476 e. The van der Waals surface area contributed by atoms with Crippen LogP contribution in [0.4, 0.5) is 0 Å². The third kappa shape index (κ3) is 3.07. The van der Waals surface area contributed by atoms with Crippen LogP contribution in [-0.4, -0.2) is 16.1 Å². The van der Waals surface area contributed by atoms with Crippen molar-refractivity contribution in [1.29, 1.82) is 0 Å². The van der Waals surface area contributed by atoms with Gasteiger partial charge in [-0.2, -0.15) is 0 Å². The molecule has 4 nitrogen and oxygen atoms in total. The molecule has 88 valence electrons. The summed E-state index contributed by atoms with van der Waals surface area (Å²) >= 11 is 5.77. The number of oxazole rings is 1. The van der Waals surface area contributed by atoms with Crippen LogP contribution in [0.2, 0.25) is 5.02 Å². The third-order valence-corrected chi connectivity index (χ3v) is 2.56. The van der Waals surface area contributed by atoms with Gasteiger partial charge in [0.1, 0.15) is 6.26 Å². The highest BCUT2D eigenvalue weighted by molar-refractivity contribution is 6.30. The van der Waals surface area contributed by atoms with Crippen molar-refractivity contribution in [3.63, 3.8) is 0 Å². The SMILES string of the molecule is O=C(O)c1coc(CCc2ccc(Cl)cc2)n1. The molecule has 0 fully saturated rings. The van der Waals surface area contributed by atoms with Crippen LogP contribution >= 0.6 is 11.6 Å². The molecular weight excluding hydrogens is 242 g/mol. The molecule has 2 rings (SSSR count). The van der Waals surface area contributed by atoms with Crippen LogP contribution < -0.4 is 0 Å². The highest BCUT2D eigenvalue weighted by Crippen LogP contribution is 2.12. The summed E-state index contributed by atoms with van der Waals surface area (Å²) in [7, 11) is 0. The fourth-order valence-electron chi connectivity index (χ4n) is 1.43. The lowest BCUT2D eigenvalue weighted by molar-refractivity contribution is 0.0690. The Hall–Kier alpha value is -1.81. The van der Waals surface area contributed by atoms with Crippen LogP contribution in [0.3, 0.4) is 0 Å². The van der Waals surface area contributed by atoms with Crippen molar-refractivity contribution in [1.82, 2.24) is 4.98 Å². The normalized spacial score (nSPS) is 10.4. The molecule has 5 heteroatoms. The number of hydrogen-bond donors (Lipinski definition) is 1. The topological polar surface area (TPSA) is 63.3 Å². The third-order valence-electron chi connectivity index (χ3n) is 2.31. The number of benzene rings is 1. The monoisotopic (exact) mass is 251 g/mol. The quantitative estimate of drug-likeness (QED) is 0.908. The van der Waals surface area contributed by atoms with Gasteiger partial charge < -0.3 is 9.52 Å². The Labute approximate surface area is 103 Å². The smallest absolute Gasteiger partial charge is 0.357 e. The second kappa shape index (κ2) is 5.01. The molecule has 0 unspecified atom stereocenters. The minimum Gasteiger partial charge on any atom is -0.476 e. The van der Waals surface area contributed by atoms with Crippen molar-refractivity contribution >= 4 is 17.6 Å². The summed E-state index contributed by atoms with van der Waals surface area (Å²) in [6.45, 7) is 0. The Bertz CT molecular complexity index is 519. The van der Waals surface area contributed by atoms with Gasteiger partial charge in [0.2, 0.25) is 0 Å². The van der Waals surface area contributed by atoms with Crippen molar-refractivity contribution in [2.75, 3.05) is 0 Å². The van der Waals surface area contributed by atoms with Crippen LogP contribution in [0, 0.1) is 0 Å². The van der Waals surface area contributed by atoms with E-state index in [1.807, 2.05) is 24.3 Å². The van der Waals surface area contributed by atoms with E-state index in [0.29, 0.717) is 17.3 Å². The number of hydrogen-bond acceptors (Lipinski definition) is 3. The van der Waals surface area contributed by atoms with Crippen LogP contribution in [0.5, 0.6) is 0 Å². The Kier molecular flexibility index (Phi) is 3.44. The second-order valence-electron chi connectivity index (χ2n) is 3.56. The number of rotatable bonds is 4. The first-order valence-electron chi connectivity index (χ1n) is 5.07. The first kappa shape index (κ1) is 11.7. The molecule has 0 amide bonds. The van der Waals surface area contributed by atoms with E-state index in [9.17, 15) is 4.79 Å². The van der Waals surface area contributed by atoms with Crippen molar-refractivity contribution in [3.8, 4) is 0 Å². The molecule has 0 saturated heterocycles. The maximum absolute atomic E-state index is 10.6. The van der Waals surface area contributed by atoms with Gasteiger partial charge in [-0.3, -0.25) is 0 Å². The first-order chi connectivity index (χ1) is 8.15. The summed E-state index contributed by atoms with van der Waals surface area (Å²) in [5.41, 5.74) is 1.04. The van der Waals surface area contributed by atoms with Gasteiger partial charge in [0.25, 0.3) is 0 Å². The van der Waals surface area contributed by atoms with Gasteiger partial charge in [0.15, 0.2) is 11.6 Å². The van der Waals surface area contributed by atoms with Crippen molar-refractivity contribution in [3.05, 3.63) is 52.7 Å². The zero-order valence-corrected chi connectivity index (χ0v) is 9.65. The minimum absolute atomic E-state index is 0.0592. The number of aromatic carboxylic acids is 1.